The van der Waals surface area contributed by atoms with Crippen LogP contribution in [0.2, 0.25) is 4.34 Å². The quantitative estimate of drug-likeness (QED) is 0.832. The van der Waals surface area contributed by atoms with Crippen molar-refractivity contribution in [2.24, 2.45) is 0 Å². The van der Waals surface area contributed by atoms with E-state index in [0.717, 1.165) is 17.5 Å². The third-order valence-corrected chi connectivity index (χ3v) is 5.51. The number of pyridine rings is 1. The van der Waals surface area contributed by atoms with E-state index in [1.165, 1.54) is 31.4 Å². The molecule has 0 unspecified atom stereocenters. The van der Waals surface area contributed by atoms with Crippen LogP contribution in [0.3, 0.4) is 0 Å². The molecule has 22 heavy (non-hydrogen) atoms. The van der Waals surface area contributed by atoms with Gasteiger partial charge in [-0.3, -0.25) is 4.79 Å². The highest BCUT2D eigenvalue weighted by Gasteiger charge is 2.21. The van der Waals surface area contributed by atoms with Crippen molar-refractivity contribution >= 4 is 44.8 Å². The van der Waals surface area contributed by atoms with Gasteiger partial charge in [0.05, 0.1) is 17.0 Å². The molecule has 1 amide bonds. The summed E-state index contributed by atoms with van der Waals surface area (Å²) < 4.78 is 30.5. The zero-order valence-electron chi connectivity index (χ0n) is 11.1. The van der Waals surface area contributed by atoms with Gasteiger partial charge in [0.25, 0.3) is 15.9 Å². The summed E-state index contributed by atoms with van der Waals surface area (Å²) in [6, 6.07) is 5.24. The van der Waals surface area contributed by atoms with Crippen molar-refractivity contribution in [3.63, 3.8) is 0 Å². The summed E-state index contributed by atoms with van der Waals surface area (Å²) in [6.45, 7) is 0. The number of aromatic nitrogens is 1. The molecule has 0 saturated carbocycles. The lowest BCUT2D eigenvalue weighted by Crippen LogP contribution is -2.30. The number of hydrogen-bond donors (Lipinski definition) is 1. The van der Waals surface area contributed by atoms with Crippen molar-refractivity contribution in [2.75, 3.05) is 7.11 Å². The third kappa shape index (κ3) is 3.62. The zero-order chi connectivity index (χ0) is 16.3. The molecule has 0 aliphatic heterocycles. The zero-order valence-corrected chi connectivity index (χ0v) is 13.5. The molecule has 2 aromatic rings. The number of carbonyl (C=O) groups excluding carboxylic acids is 2. The number of ether oxygens (including phenoxy) is 1. The SMILES string of the molecule is COC(=O)c1ccc(C(=O)NS(=O)(=O)c2ccc(Cl)s2)cn1. The predicted octanol–water partition coefficient (Wildman–Crippen LogP) is 1.70. The summed E-state index contributed by atoms with van der Waals surface area (Å²) in [6.07, 6.45) is 1.08. The minimum absolute atomic E-state index is 0.00643. The number of thiophene rings is 1. The lowest BCUT2D eigenvalue weighted by atomic mass is 10.2. The van der Waals surface area contributed by atoms with Gasteiger partial charge >= 0.3 is 5.97 Å². The summed E-state index contributed by atoms with van der Waals surface area (Å²) in [5.74, 6) is -1.53. The Labute approximate surface area is 134 Å². The minimum Gasteiger partial charge on any atom is -0.464 e. The summed E-state index contributed by atoms with van der Waals surface area (Å²) in [7, 11) is -2.81. The largest absolute Gasteiger partial charge is 0.464 e. The number of halogens is 1. The molecule has 0 radical (unpaired) electrons. The Hall–Kier alpha value is -1.97. The van der Waals surface area contributed by atoms with Gasteiger partial charge in [0.15, 0.2) is 0 Å². The molecule has 2 heterocycles. The fraction of sp³-hybridized carbons (Fsp3) is 0.0833. The molecule has 0 aliphatic rings. The van der Waals surface area contributed by atoms with E-state index >= 15 is 0 Å². The van der Waals surface area contributed by atoms with Gasteiger partial charge in [-0.2, -0.15) is 0 Å². The average Bonchev–Trinajstić information content (AvgIpc) is 2.93. The maximum absolute atomic E-state index is 12.0. The normalized spacial score (nSPS) is 11.0. The molecule has 7 nitrogen and oxygen atoms in total. The maximum Gasteiger partial charge on any atom is 0.356 e. The van der Waals surface area contributed by atoms with E-state index in [4.69, 9.17) is 11.6 Å². The van der Waals surface area contributed by atoms with Gasteiger partial charge in [-0.05, 0) is 24.3 Å². The van der Waals surface area contributed by atoms with Gasteiger partial charge in [0, 0.05) is 6.20 Å². The van der Waals surface area contributed by atoms with Crippen LogP contribution in [0.5, 0.6) is 0 Å². The summed E-state index contributed by atoms with van der Waals surface area (Å²) in [5, 5.41) is 0. The number of rotatable bonds is 4. The number of methoxy groups -OCH3 is 1. The Morgan fingerprint density at radius 3 is 2.50 bits per heavy atom. The van der Waals surface area contributed by atoms with Crippen LogP contribution in [0.1, 0.15) is 20.8 Å². The molecular weight excluding hydrogens is 352 g/mol. The molecule has 0 atom stereocenters. The van der Waals surface area contributed by atoms with Crippen molar-refractivity contribution < 1.29 is 22.7 Å². The molecule has 0 saturated heterocycles. The molecule has 1 N–H and O–H groups in total. The molecular formula is C12H9ClN2O5S2. The van der Waals surface area contributed by atoms with Crippen LogP contribution in [0.25, 0.3) is 0 Å². The first-order chi connectivity index (χ1) is 10.3. The Balaban J connectivity index is 2.17. The van der Waals surface area contributed by atoms with E-state index in [0.29, 0.717) is 0 Å². The van der Waals surface area contributed by atoms with Crippen LogP contribution in [0, 0.1) is 0 Å². The van der Waals surface area contributed by atoms with E-state index < -0.39 is 21.9 Å². The van der Waals surface area contributed by atoms with Crippen LogP contribution in [0.15, 0.2) is 34.7 Å². The number of amides is 1. The summed E-state index contributed by atoms with van der Waals surface area (Å²) in [5.41, 5.74) is -0.00849. The van der Waals surface area contributed by atoms with Crippen molar-refractivity contribution in [1.29, 1.82) is 0 Å². The second-order valence-corrected chi connectivity index (χ2v) is 7.54. The molecule has 0 fully saturated rings. The first kappa shape index (κ1) is 16.4. The van der Waals surface area contributed by atoms with E-state index in [1.54, 1.807) is 0 Å². The van der Waals surface area contributed by atoms with Crippen LogP contribution >= 0.6 is 22.9 Å². The van der Waals surface area contributed by atoms with Gasteiger partial charge in [0.2, 0.25) is 0 Å². The van der Waals surface area contributed by atoms with Gasteiger partial charge in [-0.25, -0.2) is 22.9 Å². The second kappa shape index (κ2) is 6.42. The Morgan fingerprint density at radius 1 is 1.27 bits per heavy atom. The lowest BCUT2D eigenvalue weighted by Gasteiger charge is -2.05. The molecule has 0 aromatic carbocycles. The highest BCUT2D eigenvalue weighted by atomic mass is 35.5. The van der Waals surface area contributed by atoms with E-state index in [9.17, 15) is 18.0 Å². The fourth-order valence-electron chi connectivity index (χ4n) is 1.43. The predicted molar refractivity (Wildman–Crippen MR) is 79.6 cm³/mol. The van der Waals surface area contributed by atoms with Crippen LogP contribution < -0.4 is 4.72 Å². The number of nitrogens with one attached hydrogen (secondary N) is 1. The minimum atomic E-state index is -4.00. The average molecular weight is 361 g/mol. The van der Waals surface area contributed by atoms with Gasteiger partial charge in [-0.15, -0.1) is 11.3 Å². The maximum atomic E-state index is 12.0. The first-order valence-corrected chi connectivity index (χ1v) is 8.38. The standard InChI is InChI=1S/C12H9ClN2O5S2/c1-20-12(17)8-3-2-7(6-14-8)11(16)15-22(18,19)10-5-4-9(13)21-10/h2-6H,1H3,(H,15,16). The molecule has 116 valence electrons. The highest BCUT2D eigenvalue weighted by molar-refractivity contribution is 7.92. The molecule has 0 aliphatic carbocycles. The smallest absolute Gasteiger partial charge is 0.356 e. The number of carbonyl (C=O) groups is 2. The highest BCUT2D eigenvalue weighted by Crippen LogP contribution is 2.25. The van der Waals surface area contributed by atoms with E-state index in [1.807, 2.05) is 4.72 Å². The molecule has 0 bridgehead atoms. The van der Waals surface area contributed by atoms with Gasteiger partial charge < -0.3 is 4.74 Å². The Bertz CT molecular complexity index is 814. The lowest BCUT2D eigenvalue weighted by molar-refractivity contribution is 0.0593. The van der Waals surface area contributed by atoms with Gasteiger partial charge in [0.1, 0.15) is 9.90 Å². The fourth-order valence-corrected chi connectivity index (χ4v) is 3.88. The molecule has 10 heteroatoms. The van der Waals surface area contributed by atoms with Gasteiger partial charge in [-0.1, -0.05) is 11.6 Å². The summed E-state index contributed by atoms with van der Waals surface area (Å²) >= 11 is 6.50. The van der Waals surface area contributed by atoms with E-state index in [2.05, 4.69) is 9.72 Å². The third-order valence-electron chi connectivity index (χ3n) is 2.46. The van der Waals surface area contributed by atoms with Crippen LogP contribution in [0.4, 0.5) is 0 Å². The summed E-state index contributed by atoms with van der Waals surface area (Å²) in [4.78, 5) is 26.9. The van der Waals surface area contributed by atoms with Crippen molar-refractivity contribution in [3.05, 3.63) is 46.1 Å². The first-order valence-electron chi connectivity index (χ1n) is 5.70. The van der Waals surface area contributed by atoms with Crippen molar-refractivity contribution in [2.45, 2.75) is 4.21 Å². The van der Waals surface area contributed by atoms with Crippen LogP contribution in [-0.2, 0) is 14.8 Å². The monoisotopic (exact) mass is 360 g/mol. The number of esters is 1. The Morgan fingerprint density at radius 2 is 2.00 bits per heavy atom. The van der Waals surface area contributed by atoms with Crippen molar-refractivity contribution in [1.82, 2.24) is 9.71 Å². The van der Waals surface area contributed by atoms with E-state index in [-0.39, 0.29) is 19.8 Å². The molecule has 2 aromatic heterocycles. The Kier molecular flexibility index (Phi) is 4.79. The molecule has 0 spiro atoms. The molecule has 2 rings (SSSR count). The number of nitrogens with zero attached hydrogens (tertiary/aromatic N) is 1. The topological polar surface area (TPSA) is 102 Å². The van der Waals surface area contributed by atoms with Crippen LogP contribution in [-0.4, -0.2) is 32.4 Å². The second-order valence-electron chi connectivity index (χ2n) is 3.92. The number of sulfonamides is 1. The number of hydrogen-bond acceptors (Lipinski definition) is 7. The van der Waals surface area contributed by atoms with Crippen molar-refractivity contribution in [3.8, 4) is 0 Å².